The molecule has 5 nitrogen and oxygen atoms in total. The summed E-state index contributed by atoms with van der Waals surface area (Å²) in [5.74, 6) is -0.156. The molecule has 0 aromatic rings. The fourth-order valence-corrected chi connectivity index (χ4v) is 9.33. The van der Waals surface area contributed by atoms with Crippen LogP contribution in [0.3, 0.4) is 0 Å². The van der Waals surface area contributed by atoms with E-state index in [2.05, 4.69) is 20.8 Å². The highest BCUT2D eigenvalue weighted by atomic mass is 16.7. The fraction of sp³-hybridized carbons (Fsp3) is 0.889. The van der Waals surface area contributed by atoms with Gasteiger partial charge in [0.1, 0.15) is 5.57 Å². The van der Waals surface area contributed by atoms with E-state index in [1.54, 1.807) is 0 Å². The normalized spacial score (nSPS) is 43.2. The molecule has 0 bridgehead atoms. The van der Waals surface area contributed by atoms with Crippen molar-refractivity contribution in [2.24, 2.45) is 46.3 Å². The predicted molar refractivity (Wildman–Crippen MR) is 123 cm³/mol. The third-order valence-electron chi connectivity index (χ3n) is 10.9. The minimum Gasteiger partial charge on any atom is -0.478 e. The third kappa shape index (κ3) is 4.07. The van der Waals surface area contributed by atoms with Crippen LogP contribution in [0.15, 0.2) is 11.6 Å². The molecule has 0 heterocycles. The van der Waals surface area contributed by atoms with E-state index in [1.807, 2.05) is 0 Å². The topological polar surface area (TPSA) is 98.0 Å². The SMILES string of the molecule is CC(CC/C=C(/C(=O)O)C(O)(O)O)[C@H]1CC[C@H]2[C@@H]3CCC4CCCC[C@]4(C)[C@H]3CC[C@]12C. The van der Waals surface area contributed by atoms with E-state index in [0.717, 1.165) is 30.1 Å². The molecule has 32 heavy (non-hydrogen) atoms. The number of aliphatic carboxylic acids is 1. The molecular formula is C27H44O5. The monoisotopic (exact) mass is 448 g/mol. The van der Waals surface area contributed by atoms with Gasteiger partial charge in [0.15, 0.2) is 0 Å². The van der Waals surface area contributed by atoms with Gasteiger partial charge in [-0.3, -0.25) is 0 Å². The number of allylic oxidation sites excluding steroid dienone is 1. The van der Waals surface area contributed by atoms with Gasteiger partial charge in [0.25, 0.3) is 0 Å². The van der Waals surface area contributed by atoms with Crippen LogP contribution in [0.1, 0.15) is 97.8 Å². The van der Waals surface area contributed by atoms with Crippen LogP contribution in [-0.2, 0) is 4.79 Å². The van der Waals surface area contributed by atoms with Crippen LogP contribution in [0.2, 0.25) is 0 Å². The minimum absolute atomic E-state index is 0.368. The first-order chi connectivity index (χ1) is 15.0. The highest BCUT2D eigenvalue weighted by Crippen LogP contribution is 2.68. The molecule has 0 aromatic heterocycles. The maximum Gasteiger partial charge on any atom is 0.339 e. The van der Waals surface area contributed by atoms with Gasteiger partial charge < -0.3 is 20.4 Å². The first-order valence-corrected chi connectivity index (χ1v) is 13.1. The van der Waals surface area contributed by atoms with E-state index in [1.165, 1.54) is 70.3 Å². The second-order valence-electron chi connectivity index (χ2n) is 12.2. The Morgan fingerprint density at radius 1 is 0.969 bits per heavy atom. The highest BCUT2D eigenvalue weighted by molar-refractivity contribution is 5.87. The molecule has 0 aromatic carbocycles. The van der Waals surface area contributed by atoms with Crippen molar-refractivity contribution in [1.82, 2.24) is 0 Å². The molecule has 2 unspecified atom stereocenters. The van der Waals surface area contributed by atoms with Crippen molar-refractivity contribution in [3.8, 4) is 0 Å². The van der Waals surface area contributed by atoms with Crippen molar-refractivity contribution < 1.29 is 25.2 Å². The number of hydrogen-bond acceptors (Lipinski definition) is 4. The number of aliphatic hydroxyl groups is 3. The van der Waals surface area contributed by atoms with Gasteiger partial charge in [0.2, 0.25) is 0 Å². The van der Waals surface area contributed by atoms with Gasteiger partial charge in [0.05, 0.1) is 0 Å². The Labute approximate surface area is 193 Å². The summed E-state index contributed by atoms with van der Waals surface area (Å²) in [5, 5.41) is 37.0. The first-order valence-electron chi connectivity index (χ1n) is 13.1. The second-order valence-corrected chi connectivity index (χ2v) is 12.2. The fourth-order valence-electron chi connectivity index (χ4n) is 9.33. The van der Waals surface area contributed by atoms with Gasteiger partial charge in [-0.1, -0.05) is 39.7 Å². The van der Waals surface area contributed by atoms with Gasteiger partial charge in [-0.15, -0.1) is 0 Å². The minimum atomic E-state index is -3.29. The Morgan fingerprint density at radius 2 is 1.69 bits per heavy atom. The van der Waals surface area contributed by atoms with Crippen molar-refractivity contribution >= 4 is 5.97 Å². The second kappa shape index (κ2) is 8.70. The zero-order chi connectivity index (χ0) is 23.3. The summed E-state index contributed by atoms with van der Waals surface area (Å²) in [4.78, 5) is 11.2. The van der Waals surface area contributed by atoms with Crippen LogP contribution in [0, 0.1) is 46.3 Å². The summed E-state index contributed by atoms with van der Waals surface area (Å²) in [6.07, 6.45) is 16.4. The van der Waals surface area contributed by atoms with Gasteiger partial charge in [-0.05, 0) is 111 Å². The zero-order valence-electron chi connectivity index (χ0n) is 20.2. The van der Waals surface area contributed by atoms with Crippen molar-refractivity contribution in [3.05, 3.63) is 11.6 Å². The van der Waals surface area contributed by atoms with Gasteiger partial charge >= 0.3 is 11.9 Å². The average Bonchev–Trinajstić information content (AvgIpc) is 3.06. The number of carboxylic acids is 1. The van der Waals surface area contributed by atoms with Gasteiger partial charge in [-0.2, -0.15) is 0 Å². The first kappa shape index (κ1) is 24.2. The summed E-state index contributed by atoms with van der Waals surface area (Å²) < 4.78 is 0. The van der Waals surface area contributed by atoms with Gasteiger partial charge in [0, 0.05) is 0 Å². The molecule has 4 saturated carbocycles. The lowest BCUT2D eigenvalue weighted by Crippen LogP contribution is -2.53. The predicted octanol–water partition coefficient (Wildman–Crippen LogP) is 5.09. The van der Waals surface area contributed by atoms with Crippen LogP contribution in [-0.4, -0.2) is 32.4 Å². The van der Waals surface area contributed by atoms with Crippen LogP contribution in [0.25, 0.3) is 0 Å². The molecule has 0 spiro atoms. The number of carbonyl (C=O) groups is 1. The lowest BCUT2D eigenvalue weighted by molar-refractivity contribution is -0.282. The lowest BCUT2D eigenvalue weighted by Gasteiger charge is -2.61. The molecule has 8 atom stereocenters. The summed E-state index contributed by atoms with van der Waals surface area (Å²) in [5.41, 5.74) is 0.181. The summed E-state index contributed by atoms with van der Waals surface area (Å²) in [7, 11) is 0. The Morgan fingerprint density at radius 3 is 2.38 bits per heavy atom. The summed E-state index contributed by atoms with van der Waals surface area (Å²) >= 11 is 0. The Hall–Kier alpha value is -0.910. The van der Waals surface area contributed by atoms with Crippen molar-refractivity contribution in [1.29, 1.82) is 0 Å². The van der Waals surface area contributed by atoms with Crippen LogP contribution >= 0.6 is 0 Å². The smallest absolute Gasteiger partial charge is 0.339 e. The van der Waals surface area contributed by atoms with E-state index in [4.69, 9.17) is 5.11 Å². The number of rotatable bonds is 6. The van der Waals surface area contributed by atoms with E-state index in [0.29, 0.717) is 29.1 Å². The van der Waals surface area contributed by atoms with Crippen molar-refractivity contribution in [3.63, 3.8) is 0 Å². The molecule has 4 aliphatic carbocycles. The highest BCUT2D eigenvalue weighted by Gasteiger charge is 2.60. The summed E-state index contributed by atoms with van der Waals surface area (Å²) in [6, 6.07) is 0. The number of carboxylic acid groups (broad SMARTS) is 1. The van der Waals surface area contributed by atoms with Crippen molar-refractivity contribution in [2.75, 3.05) is 0 Å². The third-order valence-corrected chi connectivity index (χ3v) is 10.9. The molecule has 5 heteroatoms. The molecular weight excluding hydrogens is 404 g/mol. The standard InChI is InChI=1S/C27H44O5/c1-17(7-6-9-23(24(28)29)27(30,31)32)20-12-13-21-19-11-10-18-8-4-5-15-25(18,2)22(19)14-16-26(20,21)3/h9,17-22,30-32H,4-8,10-16H2,1-3H3,(H,28,29)/b23-9-/t17?,18?,19-,20+,21-,22-,25-,26+/m0/s1. The average molecular weight is 449 g/mol. The van der Waals surface area contributed by atoms with Crippen LogP contribution in [0.4, 0.5) is 0 Å². The van der Waals surface area contributed by atoms with E-state index >= 15 is 0 Å². The molecule has 0 aliphatic heterocycles. The molecule has 0 amide bonds. The Balaban J connectivity index is 1.44. The quantitative estimate of drug-likeness (QED) is 0.335. The maximum absolute atomic E-state index is 11.2. The number of fused-ring (bicyclic) bond motifs is 5. The van der Waals surface area contributed by atoms with Crippen molar-refractivity contribution in [2.45, 2.75) is 104 Å². The zero-order valence-corrected chi connectivity index (χ0v) is 20.2. The molecule has 4 aliphatic rings. The van der Waals surface area contributed by atoms with Crippen LogP contribution < -0.4 is 0 Å². The molecule has 4 N–H and O–H groups in total. The van der Waals surface area contributed by atoms with E-state index in [-0.39, 0.29) is 0 Å². The Bertz CT molecular complexity index is 739. The number of hydrogen-bond donors (Lipinski definition) is 4. The molecule has 0 saturated heterocycles. The van der Waals surface area contributed by atoms with E-state index < -0.39 is 17.5 Å². The maximum atomic E-state index is 11.2. The Kier molecular flexibility index (Phi) is 6.59. The molecule has 4 rings (SSSR count). The molecule has 4 fully saturated rings. The van der Waals surface area contributed by atoms with Crippen LogP contribution in [0.5, 0.6) is 0 Å². The molecule has 0 radical (unpaired) electrons. The lowest BCUT2D eigenvalue weighted by atomic mass is 9.44. The largest absolute Gasteiger partial charge is 0.478 e. The summed E-state index contributed by atoms with van der Waals surface area (Å²) in [6.45, 7) is 7.44. The van der Waals surface area contributed by atoms with Gasteiger partial charge in [-0.25, -0.2) is 4.79 Å². The van der Waals surface area contributed by atoms with E-state index in [9.17, 15) is 20.1 Å². The molecule has 182 valence electrons.